The first-order valence-corrected chi connectivity index (χ1v) is 11.2. The molecule has 2 amide bonds. The minimum Gasteiger partial charge on any atom is -0.497 e. The average Bonchev–Trinajstić information content (AvgIpc) is 2.76. The Morgan fingerprint density at radius 2 is 2.00 bits per heavy atom. The van der Waals surface area contributed by atoms with Crippen LogP contribution in [0.3, 0.4) is 0 Å². The summed E-state index contributed by atoms with van der Waals surface area (Å²) in [5.41, 5.74) is 6.96. The molecule has 0 aromatic heterocycles. The highest BCUT2D eigenvalue weighted by Crippen LogP contribution is 2.46. The molecule has 0 aliphatic carbocycles. The molecule has 0 radical (unpaired) electrons. The summed E-state index contributed by atoms with van der Waals surface area (Å²) in [6.07, 6.45) is 1.76. The van der Waals surface area contributed by atoms with Crippen LogP contribution in [-0.2, 0) is 14.8 Å². The van der Waals surface area contributed by atoms with E-state index in [-0.39, 0.29) is 30.3 Å². The maximum absolute atomic E-state index is 13.5. The normalized spacial score (nSPS) is 21.8. The van der Waals surface area contributed by atoms with Gasteiger partial charge in [0.1, 0.15) is 11.8 Å². The van der Waals surface area contributed by atoms with Crippen molar-refractivity contribution in [3.05, 3.63) is 66.2 Å². The van der Waals surface area contributed by atoms with Crippen LogP contribution < -0.4 is 15.4 Å². The highest BCUT2D eigenvalue weighted by molar-refractivity contribution is 7.89. The van der Waals surface area contributed by atoms with E-state index in [0.717, 1.165) is 0 Å². The topological polar surface area (TPSA) is 110 Å². The van der Waals surface area contributed by atoms with Crippen LogP contribution in [0.2, 0.25) is 0 Å². The van der Waals surface area contributed by atoms with Gasteiger partial charge in [0.2, 0.25) is 15.9 Å². The molecule has 2 heterocycles. The Labute approximate surface area is 180 Å². The third-order valence-corrected chi connectivity index (χ3v) is 7.66. The summed E-state index contributed by atoms with van der Waals surface area (Å²) in [6.45, 7) is 4.00. The standard InChI is InChI=1S/C22H23N3O5S/c1-3-10-24-13-15-12-18(21(23)26)25(22(27)14-6-4-7-16(11-14)30-2)17-8-5-9-19(20(15)17)31(24,28)29/h3-9,11,15,18H,1,10,12-13H2,2H3,(H2,23,26)/t15-,18-/m0/s1. The molecule has 0 unspecified atom stereocenters. The van der Waals surface area contributed by atoms with Gasteiger partial charge in [-0.15, -0.1) is 6.58 Å². The molecule has 2 aliphatic rings. The van der Waals surface area contributed by atoms with Crippen LogP contribution in [0.15, 0.2) is 60.0 Å². The van der Waals surface area contributed by atoms with Crippen LogP contribution in [0, 0.1) is 0 Å². The van der Waals surface area contributed by atoms with Crippen molar-refractivity contribution >= 4 is 27.5 Å². The molecule has 9 heteroatoms. The molecule has 2 atom stereocenters. The minimum absolute atomic E-state index is 0.148. The van der Waals surface area contributed by atoms with Gasteiger partial charge in [0.15, 0.2) is 0 Å². The first-order valence-electron chi connectivity index (χ1n) is 9.80. The lowest BCUT2D eigenvalue weighted by molar-refractivity contribution is -0.119. The number of rotatable bonds is 5. The van der Waals surface area contributed by atoms with Gasteiger partial charge >= 0.3 is 0 Å². The fraction of sp³-hybridized carbons (Fsp3) is 0.273. The zero-order chi connectivity index (χ0) is 22.3. The Morgan fingerprint density at radius 3 is 2.68 bits per heavy atom. The molecule has 0 saturated heterocycles. The number of ether oxygens (including phenoxy) is 1. The Kier molecular flexibility index (Phi) is 5.32. The van der Waals surface area contributed by atoms with Gasteiger partial charge in [0, 0.05) is 35.8 Å². The van der Waals surface area contributed by atoms with Gasteiger partial charge in [-0.05, 0) is 36.8 Å². The SMILES string of the molecule is C=CCN1C[C@@H]2C[C@@H](C(N)=O)N(C(=O)c3cccc(OC)c3)c3cccc(c32)S1(=O)=O. The molecule has 8 nitrogen and oxygen atoms in total. The predicted molar refractivity (Wildman–Crippen MR) is 116 cm³/mol. The second-order valence-electron chi connectivity index (χ2n) is 7.56. The van der Waals surface area contributed by atoms with Crippen LogP contribution in [0.1, 0.15) is 28.3 Å². The van der Waals surface area contributed by atoms with Gasteiger partial charge in [-0.2, -0.15) is 4.31 Å². The van der Waals surface area contributed by atoms with Crippen molar-refractivity contribution in [3.8, 4) is 5.75 Å². The summed E-state index contributed by atoms with van der Waals surface area (Å²) in [6, 6.07) is 10.5. The Balaban J connectivity index is 1.89. The summed E-state index contributed by atoms with van der Waals surface area (Å²) in [7, 11) is -2.26. The van der Waals surface area contributed by atoms with Crippen LogP contribution in [-0.4, -0.2) is 50.8 Å². The van der Waals surface area contributed by atoms with E-state index in [4.69, 9.17) is 10.5 Å². The maximum Gasteiger partial charge on any atom is 0.259 e. The van der Waals surface area contributed by atoms with Gasteiger partial charge in [-0.1, -0.05) is 18.2 Å². The Hall–Kier alpha value is -3.17. The first-order chi connectivity index (χ1) is 14.8. The van der Waals surface area contributed by atoms with E-state index >= 15 is 0 Å². The van der Waals surface area contributed by atoms with E-state index in [2.05, 4.69) is 6.58 Å². The fourth-order valence-corrected chi connectivity index (χ4v) is 6.15. The molecule has 2 N–H and O–H groups in total. The van der Waals surface area contributed by atoms with Crippen molar-refractivity contribution in [1.82, 2.24) is 4.31 Å². The molecule has 162 valence electrons. The number of benzene rings is 2. The molecule has 0 bridgehead atoms. The van der Waals surface area contributed by atoms with Gasteiger partial charge in [0.25, 0.3) is 5.91 Å². The van der Waals surface area contributed by atoms with Crippen molar-refractivity contribution < 1.29 is 22.7 Å². The minimum atomic E-state index is -3.75. The number of carbonyl (C=O) groups is 2. The van der Waals surface area contributed by atoms with Crippen LogP contribution in [0.5, 0.6) is 5.75 Å². The highest BCUT2D eigenvalue weighted by Gasteiger charge is 2.46. The number of hydrogen-bond donors (Lipinski definition) is 1. The largest absolute Gasteiger partial charge is 0.497 e. The van der Waals surface area contributed by atoms with Crippen molar-refractivity contribution in [3.63, 3.8) is 0 Å². The molecule has 2 aliphatic heterocycles. The lowest BCUT2D eigenvalue weighted by Crippen LogP contribution is -2.54. The summed E-state index contributed by atoms with van der Waals surface area (Å²) < 4.78 is 32.8. The lowest BCUT2D eigenvalue weighted by atomic mass is 9.84. The summed E-state index contributed by atoms with van der Waals surface area (Å²) in [5, 5.41) is 0. The van der Waals surface area contributed by atoms with Crippen molar-refractivity contribution in [2.45, 2.75) is 23.3 Å². The Morgan fingerprint density at radius 1 is 1.26 bits per heavy atom. The number of hydrogen-bond acceptors (Lipinski definition) is 5. The first kappa shape index (κ1) is 21.1. The lowest BCUT2D eigenvalue weighted by Gasteiger charge is -2.44. The number of nitrogens with zero attached hydrogens (tertiary/aromatic N) is 2. The predicted octanol–water partition coefficient (Wildman–Crippen LogP) is 1.87. The smallest absolute Gasteiger partial charge is 0.259 e. The summed E-state index contributed by atoms with van der Waals surface area (Å²) >= 11 is 0. The highest BCUT2D eigenvalue weighted by atomic mass is 32.2. The molecule has 31 heavy (non-hydrogen) atoms. The van der Waals surface area contributed by atoms with Crippen molar-refractivity contribution in [1.29, 1.82) is 0 Å². The van der Waals surface area contributed by atoms with Gasteiger partial charge < -0.3 is 10.5 Å². The van der Waals surface area contributed by atoms with E-state index in [9.17, 15) is 18.0 Å². The van der Waals surface area contributed by atoms with E-state index < -0.39 is 27.9 Å². The molecule has 4 rings (SSSR count). The number of amides is 2. The second kappa shape index (κ2) is 7.82. The third-order valence-electron chi connectivity index (χ3n) is 5.77. The summed E-state index contributed by atoms with van der Waals surface area (Å²) in [4.78, 5) is 27.3. The molecule has 2 aromatic rings. The number of sulfonamides is 1. The number of primary amides is 1. The summed E-state index contributed by atoms with van der Waals surface area (Å²) in [5.74, 6) is -0.855. The van der Waals surface area contributed by atoms with Crippen LogP contribution in [0.25, 0.3) is 0 Å². The monoisotopic (exact) mass is 441 g/mol. The zero-order valence-corrected chi connectivity index (χ0v) is 17.8. The van der Waals surface area contributed by atoms with Crippen LogP contribution in [0.4, 0.5) is 5.69 Å². The molecular weight excluding hydrogens is 418 g/mol. The number of anilines is 1. The number of carbonyl (C=O) groups excluding carboxylic acids is 2. The second-order valence-corrected chi connectivity index (χ2v) is 9.46. The quantitative estimate of drug-likeness (QED) is 0.713. The average molecular weight is 442 g/mol. The molecule has 0 spiro atoms. The van der Waals surface area contributed by atoms with Gasteiger partial charge in [-0.3, -0.25) is 14.5 Å². The van der Waals surface area contributed by atoms with Gasteiger partial charge in [0.05, 0.1) is 12.0 Å². The number of nitrogens with two attached hydrogens (primary N) is 1. The van der Waals surface area contributed by atoms with E-state index in [1.165, 1.54) is 28.5 Å². The van der Waals surface area contributed by atoms with Gasteiger partial charge in [-0.25, -0.2) is 8.42 Å². The van der Waals surface area contributed by atoms with Crippen molar-refractivity contribution in [2.75, 3.05) is 25.1 Å². The van der Waals surface area contributed by atoms with E-state index in [1.807, 2.05) is 0 Å². The third kappa shape index (κ3) is 3.39. The van der Waals surface area contributed by atoms with E-state index in [1.54, 1.807) is 36.4 Å². The van der Waals surface area contributed by atoms with Crippen LogP contribution >= 0.6 is 0 Å². The fourth-order valence-electron chi connectivity index (χ4n) is 4.39. The molecule has 0 fully saturated rings. The maximum atomic E-state index is 13.5. The number of methoxy groups -OCH3 is 1. The van der Waals surface area contributed by atoms with Crippen molar-refractivity contribution in [2.24, 2.45) is 5.73 Å². The molecule has 0 saturated carbocycles. The molecule has 2 aromatic carbocycles. The molecular formula is C22H23N3O5S. The zero-order valence-electron chi connectivity index (χ0n) is 17.0. The van der Waals surface area contributed by atoms with E-state index in [0.29, 0.717) is 22.6 Å². The Bertz CT molecular complexity index is 1180.